The second-order valence-corrected chi connectivity index (χ2v) is 5.56. The number of esters is 2. The molecule has 0 aliphatic heterocycles. The minimum absolute atomic E-state index is 0.0275. The van der Waals surface area contributed by atoms with Gasteiger partial charge in [-0.2, -0.15) is 0 Å². The Morgan fingerprint density at radius 2 is 1.79 bits per heavy atom. The SMILES string of the molecule is O=C(/C=C/C(=O)OC1CCCCC1)OCCc1cc(=O)[nH]c(=O)[nH]1. The molecule has 1 saturated carbocycles. The van der Waals surface area contributed by atoms with Gasteiger partial charge in [-0.15, -0.1) is 0 Å². The Morgan fingerprint density at radius 3 is 2.50 bits per heavy atom. The van der Waals surface area contributed by atoms with E-state index in [4.69, 9.17) is 9.47 Å². The minimum atomic E-state index is -0.692. The van der Waals surface area contributed by atoms with Crippen LogP contribution in [0.2, 0.25) is 0 Å². The second kappa shape index (κ2) is 8.85. The van der Waals surface area contributed by atoms with Crippen LogP contribution in [-0.2, 0) is 25.5 Å². The van der Waals surface area contributed by atoms with E-state index < -0.39 is 23.2 Å². The van der Waals surface area contributed by atoms with Gasteiger partial charge in [-0.05, 0) is 25.7 Å². The Hall–Kier alpha value is -2.64. The number of H-pyrrole nitrogens is 2. The zero-order valence-corrected chi connectivity index (χ0v) is 13.2. The van der Waals surface area contributed by atoms with E-state index in [-0.39, 0.29) is 19.1 Å². The molecule has 1 heterocycles. The van der Waals surface area contributed by atoms with Gasteiger partial charge in [-0.3, -0.25) is 9.78 Å². The van der Waals surface area contributed by atoms with Gasteiger partial charge in [0.1, 0.15) is 6.10 Å². The van der Waals surface area contributed by atoms with Gasteiger partial charge in [0.05, 0.1) is 6.61 Å². The Morgan fingerprint density at radius 1 is 1.08 bits per heavy atom. The van der Waals surface area contributed by atoms with Crippen molar-refractivity contribution in [2.75, 3.05) is 6.61 Å². The number of carbonyl (C=O) groups excluding carboxylic acids is 2. The molecule has 130 valence electrons. The summed E-state index contributed by atoms with van der Waals surface area (Å²) in [5.41, 5.74) is -0.781. The summed E-state index contributed by atoms with van der Waals surface area (Å²) in [5.74, 6) is -1.25. The molecule has 2 rings (SSSR count). The molecule has 0 bridgehead atoms. The van der Waals surface area contributed by atoms with E-state index in [0.717, 1.165) is 44.3 Å². The molecular formula is C16H20N2O6. The van der Waals surface area contributed by atoms with E-state index in [1.54, 1.807) is 0 Å². The van der Waals surface area contributed by atoms with Gasteiger partial charge in [-0.1, -0.05) is 6.42 Å². The fourth-order valence-electron chi connectivity index (χ4n) is 2.49. The van der Waals surface area contributed by atoms with Crippen LogP contribution in [-0.4, -0.2) is 34.6 Å². The predicted molar refractivity (Wildman–Crippen MR) is 84.5 cm³/mol. The topological polar surface area (TPSA) is 118 Å². The molecule has 1 aliphatic rings. The highest BCUT2D eigenvalue weighted by Crippen LogP contribution is 2.20. The normalized spacial score (nSPS) is 15.3. The first-order chi connectivity index (χ1) is 11.5. The first-order valence-corrected chi connectivity index (χ1v) is 7.91. The van der Waals surface area contributed by atoms with Gasteiger partial charge < -0.3 is 14.5 Å². The molecular weight excluding hydrogens is 316 g/mol. The predicted octanol–water partition coefficient (Wildman–Crippen LogP) is 0.581. The Labute approximate surface area is 137 Å². The first-order valence-electron chi connectivity index (χ1n) is 7.91. The maximum Gasteiger partial charge on any atom is 0.331 e. The second-order valence-electron chi connectivity index (χ2n) is 5.56. The molecule has 0 spiro atoms. The number of nitrogens with one attached hydrogen (secondary N) is 2. The molecule has 1 fully saturated rings. The molecule has 0 atom stereocenters. The maximum atomic E-state index is 11.6. The number of hydrogen-bond acceptors (Lipinski definition) is 6. The molecule has 1 aromatic rings. The lowest BCUT2D eigenvalue weighted by Crippen LogP contribution is -2.23. The van der Waals surface area contributed by atoms with Crippen LogP contribution in [0.15, 0.2) is 27.8 Å². The van der Waals surface area contributed by atoms with Crippen molar-refractivity contribution >= 4 is 11.9 Å². The molecule has 1 aliphatic carbocycles. The zero-order valence-electron chi connectivity index (χ0n) is 13.2. The molecule has 0 amide bonds. The lowest BCUT2D eigenvalue weighted by molar-refractivity contribution is -0.145. The third-order valence-corrected chi connectivity index (χ3v) is 3.62. The van der Waals surface area contributed by atoms with Gasteiger partial charge in [0, 0.05) is 30.3 Å². The van der Waals surface area contributed by atoms with Crippen molar-refractivity contribution in [1.82, 2.24) is 9.97 Å². The summed E-state index contributed by atoms with van der Waals surface area (Å²) in [7, 11) is 0. The van der Waals surface area contributed by atoms with E-state index >= 15 is 0 Å². The zero-order chi connectivity index (χ0) is 17.4. The van der Waals surface area contributed by atoms with E-state index in [9.17, 15) is 19.2 Å². The number of hydrogen-bond donors (Lipinski definition) is 2. The summed E-state index contributed by atoms with van der Waals surface area (Å²) in [6.45, 7) is -0.0275. The molecule has 8 heteroatoms. The third-order valence-electron chi connectivity index (χ3n) is 3.62. The summed E-state index contributed by atoms with van der Waals surface area (Å²) >= 11 is 0. The fraction of sp³-hybridized carbons (Fsp3) is 0.500. The molecule has 8 nitrogen and oxygen atoms in total. The summed E-state index contributed by atoms with van der Waals surface area (Å²) in [6.07, 6.45) is 7.15. The molecule has 0 unspecified atom stereocenters. The highest BCUT2D eigenvalue weighted by Gasteiger charge is 2.16. The van der Waals surface area contributed by atoms with Gasteiger partial charge in [0.25, 0.3) is 5.56 Å². The summed E-state index contributed by atoms with van der Waals surface area (Å²) in [4.78, 5) is 49.7. The van der Waals surface area contributed by atoms with Crippen LogP contribution >= 0.6 is 0 Å². The minimum Gasteiger partial charge on any atom is -0.462 e. The summed E-state index contributed by atoms with van der Waals surface area (Å²) in [6, 6.07) is 1.21. The smallest absolute Gasteiger partial charge is 0.331 e. The van der Waals surface area contributed by atoms with Crippen molar-refractivity contribution in [1.29, 1.82) is 0 Å². The highest BCUT2D eigenvalue weighted by molar-refractivity contribution is 5.91. The van der Waals surface area contributed by atoms with Crippen LogP contribution in [0, 0.1) is 0 Å². The monoisotopic (exact) mass is 336 g/mol. The van der Waals surface area contributed by atoms with Crippen LogP contribution in [0.1, 0.15) is 37.8 Å². The average Bonchev–Trinajstić information content (AvgIpc) is 2.53. The lowest BCUT2D eigenvalue weighted by Gasteiger charge is -2.20. The Balaban J connectivity index is 1.71. The summed E-state index contributed by atoms with van der Waals surface area (Å²) in [5, 5.41) is 0. The largest absolute Gasteiger partial charge is 0.462 e. The van der Waals surface area contributed by atoms with Crippen molar-refractivity contribution in [2.45, 2.75) is 44.6 Å². The maximum absolute atomic E-state index is 11.6. The number of aromatic nitrogens is 2. The molecule has 2 N–H and O–H groups in total. The fourth-order valence-corrected chi connectivity index (χ4v) is 2.49. The third kappa shape index (κ3) is 6.23. The van der Waals surface area contributed by atoms with Crippen LogP contribution in [0.4, 0.5) is 0 Å². The van der Waals surface area contributed by atoms with Crippen molar-refractivity contribution in [3.05, 3.63) is 44.8 Å². The molecule has 0 saturated heterocycles. The molecule has 24 heavy (non-hydrogen) atoms. The average molecular weight is 336 g/mol. The first kappa shape index (κ1) is 17.7. The van der Waals surface area contributed by atoms with Gasteiger partial charge >= 0.3 is 17.6 Å². The number of rotatable bonds is 6. The summed E-state index contributed by atoms with van der Waals surface area (Å²) < 4.78 is 10.1. The van der Waals surface area contributed by atoms with Crippen molar-refractivity contribution < 1.29 is 19.1 Å². The van der Waals surface area contributed by atoms with Crippen LogP contribution in [0.3, 0.4) is 0 Å². The van der Waals surface area contributed by atoms with Gasteiger partial charge in [-0.25, -0.2) is 14.4 Å². The lowest BCUT2D eigenvalue weighted by atomic mass is 9.98. The van der Waals surface area contributed by atoms with Gasteiger partial charge in [0.2, 0.25) is 0 Å². The van der Waals surface area contributed by atoms with E-state index in [0.29, 0.717) is 5.69 Å². The highest BCUT2D eigenvalue weighted by atomic mass is 16.5. The van der Waals surface area contributed by atoms with E-state index in [2.05, 4.69) is 4.98 Å². The molecule has 1 aromatic heterocycles. The van der Waals surface area contributed by atoms with Crippen molar-refractivity contribution in [3.8, 4) is 0 Å². The number of carbonyl (C=O) groups is 2. The molecule has 0 aromatic carbocycles. The van der Waals surface area contributed by atoms with Crippen LogP contribution < -0.4 is 11.2 Å². The van der Waals surface area contributed by atoms with Gasteiger partial charge in [0.15, 0.2) is 0 Å². The number of ether oxygens (including phenoxy) is 2. The molecule has 0 radical (unpaired) electrons. The number of aromatic amines is 2. The Bertz CT molecular complexity index is 684. The Kier molecular flexibility index (Phi) is 6.53. The van der Waals surface area contributed by atoms with Crippen molar-refractivity contribution in [2.24, 2.45) is 0 Å². The van der Waals surface area contributed by atoms with Crippen molar-refractivity contribution in [3.63, 3.8) is 0 Å². The van der Waals surface area contributed by atoms with E-state index in [1.807, 2.05) is 4.98 Å². The quantitative estimate of drug-likeness (QED) is 0.579. The van der Waals surface area contributed by atoms with Crippen LogP contribution in [0.25, 0.3) is 0 Å². The van der Waals surface area contributed by atoms with E-state index in [1.165, 1.54) is 6.07 Å². The van der Waals surface area contributed by atoms with Crippen LogP contribution in [0.5, 0.6) is 0 Å². The standard InChI is InChI=1S/C16H20N2O6/c19-13-10-11(17-16(22)18-13)8-9-23-14(20)6-7-15(21)24-12-4-2-1-3-5-12/h6-7,10,12H,1-5,8-9H2,(H2,17,18,19,22)/b7-6+.